The molecule has 0 bridgehead atoms. The highest BCUT2D eigenvalue weighted by molar-refractivity contribution is 6.34. The normalized spacial score (nSPS) is 10.6. The molecule has 174 valence electrons. The summed E-state index contributed by atoms with van der Waals surface area (Å²) in [5, 5.41) is 19.7. The molecule has 2 aromatic carbocycles. The van der Waals surface area contributed by atoms with Crippen LogP contribution >= 0.6 is 11.6 Å². The van der Waals surface area contributed by atoms with Crippen molar-refractivity contribution in [3.8, 4) is 0 Å². The number of amides is 1. The van der Waals surface area contributed by atoms with Crippen LogP contribution < -0.4 is 10.2 Å². The lowest BCUT2D eigenvalue weighted by Crippen LogP contribution is -2.21. The molecule has 0 aliphatic heterocycles. The second-order valence-electron chi connectivity index (χ2n) is 6.55. The molecule has 2 aromatic rings. The molecule has 0 aliphatic carbocycles. The Morgan fingerprint density at radius 2 is 1.66 bits per heavy atom. The Kier molecular flexibility index (Phi) is 9.99. The zero-order chi connectivity index (χ0) is 24.5. The molecule has 0 saturated carbocycles. The van der Waals surface area contributed by atoms with Gasteiger partial charge in [-0.3, -0.25) is 4.79 Å². The minimum absolute atomic E-state index is 0.149. The van der Waals surface area contributed by atoms with Gasteiger partial charge in [-0.05, 0) is 36.8 Å². The van der Waals surface area contributed by atoms with E-state index in [1.807, 2.05) is 11.9 Å². The zero-order valence-corrected chi connectivity index (χ0v) is 18.0. The van der Waals surface area contributed by atoms with E-state index in [-0.39, 0.29) is 11.5 Å². The van der Waals surface area contributed by atoms with E-state index in [4.69, 9.17) is 21.5 Å². The lowest BCUT2D eigenvalue weighted by Gasteiger charge is -2.21. The average molecular weight is 475 g/mol. The predicted octanol–water partition coefficient (Wildman–Crippen LogP) is 5.16. The number of benzene rings is 2. The van der Waals surface area contributed by atoms with Gasteiger partial charge in [-0.15, -0.1) is 0 Å². The van der Waals surface area contributed by atoms with E-state index in [2.05, 4.69) is 12.2 Å². The van der Waals surface area contributed by atoms with Gasteiger partial charge in [0, 0.05) is 19.3 Å². The van der Waals surface area contributed by atoms with Gasteiger partial charge < -0.3 is 20.4 Å². The van der Waals surface area contributed by atoms with Crippen molar-refractivity contribution in [3.05, 3.63) is 58.6 Å². The highest BCUT2D eigenvalue weighted by Gasteiger charge is 2.38. The van der Waals surface area contributed by atoms with Gasteiger partial charge in [-0.25, -0.2) is 9.59 Å². The monoisotopic (exact) mass is 474 g/mol. The zero-order valence-electron chi connectivity index (χ0n) is 17.2. The summed E-state index contributed by atoms with van der Waals surface area (Å²) >= 11 is 6.02. The number of anilines is 2. The lowest BCUT2D eigenvalue weighted by atomic mass is 10.1. The number of hydrogen-bond donors (Lipinski definition) is 3. The summed E-state index contributed by atoms with van der Waals surface area (Å²) in [5.41, 5.74) is 1.52. The number of carboxylic acid groups (broad SMARTS) is 2. The van der Waals surface area contributed by atoms with Gasteiger partial charge in [0.2, 0.25) is 0 Å². The van der Waals surface area contributed by atoms with E-state index in [1.165, 1.54) is 6.07 Å². The van der Waals surface area contributed by atoms with E-state index in [0.29, 0.717) is 22.0 Å². The number of hydrogen-bond acceptors (Lipinski definition) is 4. The van der Waals surface area contributed by atoms with Gasteiger partial charge in [0.25, 0.3) is 5.91 Å². The van der Waals surface area contributed by atoms with Crippen LogP contribution in [-0.2, 0) is 4.79 Å². The van der Waals surface area contributed by atoms with Crippen LogP contribution in [-0.4, -0.2) is 47.8 Å². The molecule has 11 heteroatoms. The molecule has 0 spiro atoms. The third-order valence-electron chi connectivity index (χ3n) is 4.10. The Bertz CT molecular complexity index is 967. The summed E-state index contributed by atoms with van der Waals surface area (Å²) < 4.78 is 31.7. The number of halogens is 4. The Morgan fingerprint density at radius 3 is 2.16 bits per heavy atom. The molecule has 7 nitrogen and oxygen atoms in total. The van der Waals surface area contributed by atoms with Crippen LogP contribution in [0.4, 0.5) is 24.5 Å². The number of carbonyl (C=O) groups excluding carboxylic acids is 1. The second kappa shape index (κ2) is 11.9. The summed E-state index contributed by atoms with van der Waals surface area (Å²) in [6.45, 7) is 2.85. The van der Waals surface area contributed by atoms with Crippen LogP contribution in [0, 0.1) is 0 Å². The van der Waals surface area contributed by atoms with Gasteiger partial charge in [-0.1, -0.05) is 37.1 Å². The maximum absolute atomic E-state index is 12.3. The molecule has 1 amide bonds. The van der Waals surface area contributed by atoms with Crippen LogP contribution in [0.5, 0.6) is 0 Å². The molecule has 0 heterocycles. The summed E-state index contributed by atoms with van der Waals surface area (Å²) in [6, 6.07) is 11.6. The van der Waals surface area contributed by atoms with Gasteiger partial charge >= 0.3 is 18.1 Å². The Hall–Kier alpha value is -3.27. The van der Waals surface area contributed by atoms with Crippen molar-refractivity contribution in [1.29, 1.82) is 0 Å². The molecular formula is C21H22ClF3N2O5. The quantitative estimate of drug-likeness (QED) is 0.511. The highest BCUT2D eigenvalue weighted by Crippen LogP contribution is 2.25. The Labute approximate surface area is 187 Å². The number of carbonyl (C=O) groups is 3. The molecule has 0 aromatic heterocycles. The van der Waals surface area contributed by atoms with Gasteiger partial charge in [0.1, 0.15) is 0 Å². The first-order valence-corrected chi connectivity index (χ1v) is 9.70. The Morgan fingerprint density at radius 1 is 1.06 bits per heavy atom. The molecule has 0 unspecified atom stereocenters. The first-order chi connectivity index (χ1) is 14.9. The summed E-state index contributed by atoms with van der Waals surface area (Å²) in [4.78, 5) is 34.7. The highest BCUT2D eigenvalue weighted by atomic mass is 35.5. The summed E-state index contributed by atoms with van der Waals surface area (Å²) in [5.74, 6) is -4.17. The third kappa shape index (κ3) is 8.10. The fourth-order valence-electron chi connectivity index (χ4n) is 2.48. The average Bonchev–Trinajstić information content (AvgIpc) is 2.71. The lowest BCUT2D eigenvalue weighted by molar-refractivity contribution is -0.192. The molecule has 0 fully saturated rings. The fourth-order valence-corrected chi connectivity index (χ4v) is 2.70. The molecule has 2 rings (SSSR count). The third-order valence-corrected chi connectivity index (χ3v) is 4.43. The van der Waals surface area contributed by atoms with Crippen molar-refractivity contribution in [2.75, 3.05) is 23.8 Å². The number of nitrogens with one attached hydrogen (secondary N) is 1. The summed E-state index contributed by atoms with van der Waals surface area (Å²) in [7, 11) is 1.86. The van der Waals surface area contributed by atoms with E-state index in [0.717, 1.165) is 19.4 Å². The molecule has 32 heavy (non-hydrogen) atoms. The van der Waals surface area contributed by atoms with Crippen molar-refractivity contribution in [3.63, 3.8) is 0 Å². The van der Waals surface area contributed by atoms with Crippen LogP contribution in [0.2, 0.25) is 5.02 Å². The molecule has 0 saturated heterocycles. The molecule has 0 radical (unpaired) electrons. The van der Waals surface area contributed by atoms with Crippen molar-refractivity contribution in [1.82, 2.24) is 0 Å². The minimum atomic E-state index is -5.08. The van der Waals surface area contributed by atoms with Gasteiger partial charge in [-0.2, -0.15) is 13.2 Å². The van der Waals surface area contributed by atoms with Crippen molar-refractivity contribution in [2.24, 2.45) is 0 Å². The van der Waals surface area contributed by atoms with Crippen LogP contribution in [0.1, 0.15) is 40.5 Å². The maximum Gasteiger partial charge on any atom is 0.490 e. The van der Waals surface area contributed by atoms with E-state index in [1.54, 1.807) is 36.4 Å². The van der Waals surface area contributed by atoms with Crippen molar-refractivity contribution < 1.29 is 37.8 Å². The second-order valence-corrected chi connectivity index (χ2v) is 6.96. The topological polar surface area (TPSA) is 107 Å². The number of carboxylic acids is 2. The Balaban J connectivity index is 0.000000633. The number of aromatic carboxylic acids is 1. The largest absolute Gasteiger partial charge is 0.490 e. The van der Waals surface area contributed by atoms with E-state index < -0.39 is 18.1 Å². The standard InChI is InChI=1S/C19H21ClN2O3.C2HF3O2/c1-3-4-11-22(2)17-10-9-13(12-15(17)19(24)25)21-18(23)14-7-5-6-8-16(14)20;3-2(4,5)1(6)7/h5-10,12H,3-4,11H2,1-2H3,(H,21,23)(H,24,25);(H,6,7). The fraction of sp³-hybridized carbons (Fsp3) is 0.286. The summed E-state index contributed by atoms with van der Waals surface area (Å²) in [6.07, 6.45) is -3.08. The first kappa shape index (κ1) is 26.8. The number of alkyl halides is 3. The van der Waals surface area contributed by atoms with Gasteiger partial charge in [0.15, 0.2) is 0 Å². The van der Waals surface area contributed by atoms with Crippen molar-refractivity contribution in [2.45, 2.75) is 25.9 Å². The molecule has 3 N–H and O–H groups in total. The molecule has 0 atom stereocenters. The van der Waals surface area contributed by atoms with Crippen LogP contribution in [0.15, 0.2) is 42.5 Å². The number of aliphatic carboxylic acids is 1. The van der Waals surface area contributed by atoms with Gasteiger partial charge in [0.05, 0.1) is 21.8 Å². The first-order valence-electron chi connectivity index (χ1n) is 9.33. The van der Waals surface area contributed by atoms with Crippen LogP contribution in [0.3, 0.4) is 0 Å². The molecule has 0 aliphatic rings. The van der Waals surface area contributed by atoms with E-state index >= 15 is 0 Å². The minimum Gasteiger partial charge on any atom is -0.478 e. The smallest absolute Gasteiger partial charge is 0.478 e. The maximum atomic E-state index is 12.3. The van der Waals surface area contributed by atoms with E-state index in [9.17, 15) is 27.9 Å². The number of nitrogens with zero attached hydrogens (tertiary/aromatic N) is 1. The number of unbranched alkanes of at least 4 members (excludes halogenated alkanes) is 1. The predicted molar refractivity (Wildman–Crippen MR) is 115 cm³/mol. The number of rotatable bonds is 7. The van der Waals surface area contributed by atoms with Crippen LogP contribution in [0.25, 0.3) is 0 Å². The van der Waals surface area contributed by atoms with Crippen molar-refractivity contribution >= 4 is 40.8 Å². The molecular weight excluding hydrogens is 453 g/mol. The SMILES string of the molecule is CCCCN(C)c1ccc(NC(=O)c2ccccc2Cl)cc1C(=O)O.O=C(O)C(F)(F)F.